The predicted octanol–water partition coefficient (Wildman–Crippen LogP) is 3.89. The number of hydrogen-bond donors (Lipinski definition) is 0. The van der Waals surface area contributed by atoms with Gasteiger partial charge in [-0.3, -0.25) is 9.69 Å². The monoisotopic (exact) mass is 434 g/mol. The first-order chi connectivity index (χ1) is 13.7. The fourth-order valence-electron chi connectivity index (χ4n) is 3.03. The minimum Gasteiger partial charge on any atom is -0.410 e. The average Bonchev–Trinajstić information content (AvgIpc) is 3.38. The Balaban J connectivity index is 1.23. The fourth-order valence-corrected chi connectivity index (χ4v) is 4.55. The van der Waals surface area contributed by atoms with Crippen LogP contribution in [0, 0.1) is 0 Å². The number of aromatic nitrogens is 2. The third-order valence-electron chi connectivity index (χ3n) is 4.48. The van der Waals surface area contributed by atoms with Gasteiger partial charge in [0, 0.05) is 37.7 Å². The summed E-state index contributed by atoms with van der Waals surface area (Å²) >= 11 is 8.89. The highest BCUT2D eigenvalue weighted by Gasteiger charge is 2.22. The van der Waals surface area contributed by atoms with Crippen molar-refractivity contribution in [3.05, 3.63) is 52.4 Å². The maximum atomic E-state index is 12.5. The summed E-state index contributed by atoms with van der Waals surface area (Å²) in [5.41, 5.74) is 1.20. The molecule has 0 radical (unpaired) electrons. The number of amides is 1. The van der Waals surface area contributed by atoms with Crippen LogP contribution in [0.3, 0.4) is 0 Å². The molecule has 4 rings (SSSR count). The summed E-state index contributed by atoms with van der Waals surface area (Å²) in [6.07, 6.45) is 0. The van der Waals surface area contributed by atoms with Gasteiger partial charge >= 0.3 is 0 Å². The highest BCUT2D eigenvalue weighted by Crippen LogP contribution is 2.26. The molecular formula is C19H19ClN4O2S2. The van der Waals surface area contributed by atoms with E-state index in [0.717, 1.165) is 42.6 Å². The lowest BCUT2D eigenvalue weighted by molar-refractivity contribution is -0.130. The fraction of sp³-hybridized carbons (Fsp3) is 0.316. The van der Waals surface area contributed by atoms with Crippen LogP contribution in [0.25, 0.3) is 10.8 Å². The second kappa shape index (κ2) is 9.09. The molecule has 28 heavy (non-hydrogen) atoms. The van der Waals surface area contributed by atoms with Gasteiger partial charge in [0.1, 0.15) is 0 Å². The SMILES string of the molecule is O=C(CSc1nnc(-c2cccs2)o1)N1CCN(Cc2cccc(Cl)c2)CC1. The van der Waals surface area contributed by atoms with Crippen LogP contribution in [0.15, 0.2) is 51.4 Å². The van der Waals surface area contributed by atoms with Crippen molar-refractivity contribution in [1.29, 1.82) is 0 Å². The molecule has 9 heteroatoms. The molecule has 1 amide bonds. The van der Waals surface area contributed by atoms with E-state index < -0.39 is 0 Å². The molecule has 1 aromatic carbocycles. The number of piperazine rings is 1. The Kier molecular flexibility index (Phi) is 6.31. The van der Waals surface area contributed by atoms with E-state index in [1.54, 1.807) is 11.3 Å². The largest absolute Gasteiger partial charge is 0.410 e. The molecule has 1 aliphatic rings. The Hall–Kier alpha value is -1.87. The Bertz CT molecular complexity index is 924. The molecule has 146 valence electrons. The van der Waals surface area contributed by atoms with Crippen LogP contribution in [0.5, 0.6) is 0 Å². The van der Waals surface area contributed by atoms with Crippen LogP contribution in [-0.2, 0) is 11.3 Å². The highest BCUT2D eigenvalue weighted by molar-refractivity contribution is 7.99. The quantitative estimate of drug-likeness (QED) is 0.548. The number of nitrogens with zero attached hydrogens (tertiary/aromatic N) is 4. The molecule has 3 heterocycles. The van der Waals surface area contributed by atoms with Gasteiger partial charge < -0.3 is 9.32 Å². The molecule has 0 unspecified atom stereocenters. The summed E-state index contributed by atoms with van der Waals surface area (Å²) in [7, 11) is 0. The maximum Gasteiger partial charge on any atom is 0.277 e. The number of thioether (sulfide) groups is 1. The minimum atomic E-state index is 0.100. The summed E-state index contributed by atoms with van der Waals surface area (Å²) in [4.78, 5) is 17.7. The third kappa shape index (κ3) is 4.94. The van der Waals surface area contributed by atoms with Crippen molar-refractivity contribution >= 4 is 40.6 Å². The van der Waals surface area contributed by atoms with E-state index in [1.807, 2.05) is 40.6 Å². The first-order valence-corrected chi connectivity index (χ1v) is 11.2. The van der Waals surface area contributed by atoms with Crippen LogP contribution >= 0.6 is 34.7 Å². The van der Waals surface area contributed by atoms with Crippen molar-refractivity contribution in [1.82, 2.24) is 20.0 Å². The van der Waals surface area contributed by atoms with Crippen molar-refractivity contribution in [3.63, 3.8) is 0 Å². The molecule has 0 bridgehead atoms. The van der Waals surface area contributed by atoms with Crippen molar-refractivity contribution in [2.24, 2.45) is 0 Å². The van der Waals surface area contributed by atoms with E-state index >= 15 is 0 Å². The zero-order valence-electron chi connectivity index (χ0n) is 15.1. The first-order valence-electron chi connectivity index (χ1n) is 8.92. The molecule has 0 saturated carbocycles. The van der Waals surface area contributed by atoms with Gasteiger partial charge in [-0.05, 0) is 29.1 Å². The Morgan fingerprint density at radius 2 is 2.04 bits per heavy atom. The van der Waals surface area contributed by atoms with E-state index in [1.165, 1.54) is 17.3 Å². The molecule has 1 aliphatic heterocycles. The lowest BCUT2D eigenvalue weighted by Crippen LogP contribution is -2.48. The third-order valence-corrected chi connectivity index (χ3v) is 6.37. The number of benzene rings is 1. The summed E-state index contributed by atoms with van der Waals surface area (Å²) in [6.45, 7) is 4.01. The Morgan fingerprint density at radius 3 is 2.79 bits per heavy atom. The topological polar surface area (TPSA) is 62.5 Å². The molecule has 0 spiro atoms. The second-order valence-corrected chi connectivity index (χ2v) is 8.74. The number of carbonyl (C=O) groups is 1. The molecular weight excluding hydrogens is 416 g/mol. The number of thiophene rings is 1. The van der Waals surface area contributed by atoms with E-state index in [0.29, 0.717) is 16.9 Å². The van der Waals surface area contributed by atoms with E-state index in [-0.39, 0.29) is 5.91 Å². The molecule has 1 fully saturated rings. The molecule has 0 N–H and O–H groups in total. The summed E-state index contributed by atoms with van der Waals surface area (Å²) in [5, 5.41) is 11.2. The summed E-state index contributed by atoms with van der Waals surface area (Å²) < 4.78 is 5.62. The second-order valence-electron chi connectivity index (χ2n) is 6.43. The molecule has 2 aromatic heterocycles. The lowest BCUT2D eigenvalue weighted by atomic mass is 10.2. The number of carbonyl (C=O) groups excluding carboxylic acids is 1. The van der Waals surface area contributed by atoms with Gasteiger partial charge in [0.25, 0.3) is 11.1 Å². The highest BCUT2D eigenvalue weighted by atomic mass is 35.5. The van der Waals surface area contributed by atoms with Gasteiger partial charge in [0.2, 0.25) is 5.91 Å². The Labute approximate surface area is 176 Å². The molecule has 0 aliphatic carbocycles. The first kappa shape index (κ1) is 19.4. The van der Waals surface area contributed by atoms with E-state index in [9.17, 15) is 4.79 Å². The van der Waals surface area contributed by atoms with Crippen molar-refractivity contribution in [2.45, 2.75) is 11.8 Å². The molecule has 1 saturated heterocycles. The van der Waals surface area contributed by atoms with Crippen LogP contribution < -0.4 is 0 Å². The van der Waals surface area contributed by atoms with E-state index in [4.69, 9.17) is 16.0 Å². The van der Waals surface area contributed by atoms with E-state index in [2.05, 4.69) is 21.2 Å². The van der Waals surface area contributed by atoms with Crippen molar-refractivity contribution in [2.75, 3.05) is 31.9 Å². The van der Waals surface area contributed by atoms with Crippen molar-refractivity contribution in [3.8, 4) is 10.8 Å². The Morgan fingerprint density at radius 1 is 1.18 bits per heavy atom. The molecule has 0 atom stereocenters. The smallest absolute Gasteiger partial charge is 0.277 e. The minimum absolute atomic E-state index is 0.100. The normalized spacial score (nSPS) is 15.1. The van der Waals surface area contributed by atoms with Crippen molar-refractivity contribution < 1.29 is 9.21 Å². The maximum absolute atomic E-state index is 12.5. The van der Waals surface area contributed by atoms with Crippen LogP contribution in [-0.4, -0.2) is 57.8 Å². The number of rotatable bonds is 6. The van der Waals surface area contributed by atoms with Gasteiger partial charge in [-0.1, -0.05) is 41.6 Å². The predicted molar refractivity (Wildman–Crippen MR) is 112 cm³/mol. The standard InChI is InChI=1S/C19H19ClN4O2S2/c20-15-4-1-3-14(11-15)12-23-6-8-24(9-7-23)17(25)13-28-19-22-21-18(26-19)16-5-2-10-27-16/h1-5,10-11H,6-9,12-13H2. The van der Waals surface area contributed by atoms with Crippen LogP contribution in [0.1, 0.15) is 5.56 Å². The van der Waals surface area contributed by atoms with Gasteiger partial charge in [0.05, 0.1) is 10.6 Å². The van der Waals surface area contributed by atoms with Gasteiger partial charge in [0.15, 0.2) is 0 Å². The van der Waals surface area contributed by atoms with Gasteiger partial charge in [-0.15, -0.1) is 21.5 Å². The molecule has 6 nitrogen and oxygen atoms in total. The van der Waals surface area contributed by atoms with Gasteiger partial charge in [-0.2, -0.15) is 0 Å². The summed E-state index contributed by atoms with van der Waals surface area (Å²) in [6, 6.07) is 11.8. The summed E-state index contributed by atoms with van der Waals surface area (Å²) in [5.74, 6) is 0.906. The lowest BCUT2D eigenvalue weighted by Gasteiger charge is -2.34. The zero-order chi connectivity index (χ0) is 19.3. The molecule has 3 aromatic rings. The van der Waals surface area contributed by atoms with Crippen LogP contribution in [0.2, 0.25) is 5.02 Å². The van der Waals surface area contributed by atoms with Gasteiger partial charge in [-0.25, -0.2) is 0 Å². The number of halogens is 1. The number of hydrogen-bond acceptors (Lipinski definition) is 7. The average molecular weight is 435 g/mol. The zero-order valence-corrected chi connectivity index (χ0v) is 17.5. The van der Waals surface area contributed by atoms with Crippen LogP contribution in [0.4, 0.5) is 0 Å².